The Morgan fingerprint density at radius 3 is 1.83 bits per heavy atom. The number of alkyl halides is 3. The highest BCUT2D eigenvalue weighted by Crippen LogP contribution is 2.36. The topological polar surface area (TPSA) is 9.23 Å². The summed E-state index contributed by atoms with van der Waals surface area (Å²) in [6.07, 6.45) is -4.41. The molecule has 1 unspecified atom stereocenters. The van der Waals surface area contributed by atoms with Crippen LogP contribution in [0.3, 0.4) is 0 Å². The van der Waals surface area contributed by atoms with Crippen LogP contribution in [0.25, 0.3) is 11.1 Å². The molecule has 0 bridgehead atoms. The fourth-order valence-corrected chi connectivity index (χ4v) is 3.65. The van der Waals surface area contributed by atoms with E-state index in [1.54, 1.807) is 0 Å². The summed E-state index contributed by atoms with van der Waals surface area (Å²) in [6, 6.07) is 19.3. The van der Waals surface area contributed by atoms with Crippen LogP contribution in [0.2, 0.25) is 0 Å². The molecule has 3 aromatic rings. The Morgan fingerprint density at radius 1 is 0.793 bits per heavy atom. The molecule has 0 heterocycles. The third-order valence-electron chi connectivity index (χ3n) is 5.00. The Hall–Kier alpha value is -2.75. The second-order valence-corrected chi connectivity index (χ2v) is 7.70. The first-order valence-corrected chi connectivity index (χ1v) is 9.67. The second kappa shape index (κ2) is 8.32. The number of hydrogen-bond acceptors (Lipinski definition) is 1. The van der Waals surface area contributed by atoms with Gasteiger partial charge in [-0.3, -0.25) is 0 Å². The van der Waals surface area contributed by atoms with Crippen molar-refractivity contribution < 1.29 is 17.9 Å². The van der Waals surface area contributed by atoms with Crippen molar-refractivity contribution in [3.05, 3.63) is 89.0 Å². The molecule has 0 saturated heterocycles. The minimum atomic E-state index is -4.33. The normalized spacial score (nSPS) is 12.8. The van der Waals surface area contributed by atoms with Crippen LogP contribution in [-0.2, 0) is 6.18 Å². The van der Waals surface area contributed by atoms with Gasteiger partial charge < -0.3 is 4.74 Å². The molecule has 0 aliphatic rings. The van der Waals surface area contributed by atoms with Crippen LogP contribution in [0.15, 0.2) is 66.7 Å². The van der Waals surface area contributed by atoms with E-state index in [9.17, 15) is 13.2 Å². The summed E-state index contributed by atoms with van der Waals surface area (Å²) >= 11 is 0. The molecular formula is C25H25F3O. The van der Waals surface area contributed by atoms with Crippen LogP contribution in [-0.4, -0.2) is 0 Å². The van der Waals surface area contributed by atoms with Crippen molar-refractivity contribution in [1.29, 1.82) is 0 Å². The van der Waals surface area contributed by atoms with Crippen molar-refractivity contribution >= 4 is 0 Å². The maximum Gasteiger partial charge on any atom is 0.416 e. The van der Waals surface area contributed by atoms with Gasteiger partial charge in [-0.25, -0.2) is 0 Å². The van der Waals surface area contributed by atoms with E-state index in [2.05, 4.69) is 26.0 Å². The second-order valence-electron chi connectivity index (χ2n) is 7.70. The lowest BCUT2D eigenvalue weighted by Crippen LogP contribution is -2.14. The van der Waals surface area contributed by atoms with E-state index in [0.29, 0.717) is 0 Å². The summed E-state index contributed by atoms with van der Waals surface area (Å²) in [5.41, 5.74) is 4.12. The summed E-state index contributed by atoms with van der Waals surface area (Å²) in [4.78, 5) is 0. The summed E-state index contributed by atoms with van der Waals surface area (Å²) < 4.78 is 44.9. The van der Waals surface area contributed by atoms with Gasteiger partial charge in [0.15, 0.2) is 0 Å². The SMILES string of the molecule is Cc1cc(OC(c2ccccc2)C(C)C)cc(C)c1-c1ccc(C(F)(F)F)cc1. The quantitative estimate of drug-likeness (QED) is 0.427. The third kappa shape index (κ3) is 4.81. The fourth-order valence-electron chi connectivity index (χ4n) is 3.65. The summed E-state index contributed by atoms with van der Waals surface area (Å²) in [5.74, 6) is 1.05. The minimum absolute atomic E-state index is 0.0769. The summed E-state index contributed by atoms with van der Waals surface area (Å²) in [7, 11) is 0. The number of ether oxygens (including phenoxy) is 1. The van der Waals surface area contributed by atoms with E-state index in [-0.39, 0.29) is 12.0 Å². The first-order valence-electron chi connectivity index (χ1n) is 9.67. The molecule has 1 nitrogen and oxygen atoms in total. The van der Waals surface area contributed by atoms with Crippen LogP contribution >= 0.6 is 0 Å². The Bertz CT molecular complexity index is 935. The average Bonchev–Trinajstić information content (AvgIpc) is 2.66. The average molecular weight is 398 g/mol. The van der Waals surface area contributed by atoms with Crippen molar-refractivity contribution in [1.82, 2.24) is 0 Å². The van der Waals surface area contributed by atoms with Crippen molar-refractivity contribution in [2.75, 3.05) is 0 Å². The van der Waals surface area contributed by atoms with Crippen molar-refractivity contribution in [2.24, 2.45) is 5.92 Å². The zero-order valence-corrected chi connectivity index (χ0v) is 17.0. The lowest BCUT2D eigenvalue weighted by atomic mass is 9.94. The molecule has 0 saturated carbocycles. The molecule has 0 N–H and O–H groups in total. The van der Waals surface area contributed by atoms with Gasteiger partial charge in [-0.05, 0) is 71.8 Å². The van der Waals surface area contributed by atoms with Crippen LogP contribution in [0.5, 0.6) is 5.75 Å². The molecule has 29 heavy (non-hydrogen) atoms. The lowest BCUT2D eigenvalue weighted by Gasteiger charge is -2.24. The van der Waals surface area contributed by atoms with E-state index < -0.39 is 11.7 Å². The highest BCUT2D eigenvalue weighted by Gasteiger charge is 2.30. The van der Waals surface area contributed by atoms with Gasteiger partial charge in [-0.1, -0.05) is 56.3 Å². The zero-order valence-electron chi connectivity index (χ0n) is 17.0. The third-order valence-corrected chi connectivity index (χ3v) is 5.00. The highest BCUT2D eigenvalue weighted by atomic mass is 19.4. The predicted molar refractivity (Wildman–Crippen MR) is 111 cm³/mol. The maximum atomic E-state index is 12.8. The van der Waals surface area contributed by atoms with E-state index in [0.717, 1.165) is 45.7 Å². The monoisotopic (exact) mass is 398 g/mol. The van der Waals surface area contributed by atoms with Crippen LogP contribution in [0.4, 0.5) is 13.2 Å². The van der Waals surface area contributed by atoms with Crippen LogP contribution in [0, 0.1) is 19.8 Å². The summed E-state index contributed by atoms with van der Waals surface area (Å²) in [6.45, 7) is 8.15. The van der Waals surface area contributed by atoms with E-state index in [1.807, 2.05) is 44.2 Å². The molecule has 0 fully saturated rings. The molecule has 0 aromatic heterocycles. The number of hydrogen-bond donors (Lipinski definition) is 0. The van der Waals surface area contributed by atoms with E-state index >= 15 is 0 Å². The molecule has 3 rings (SSSR count). The molecule has 0 spiro atoms. The van der Waals surface area contributed by atoms with Crippen molar-refractivity contribution in [3.63, 3.8) is 0 Å². The fraction of sp³-hybridized carbons (Fsp3) is 0.280. The smallest absolute Gasteiger partial charge is 0.416 e. The molecule has 0 aliphatic heterocycles. The number of benzene rings is 3. The van der Waals surface area contributed by atoms with Gasteiger partial charge in [0.05, 0.1) is 5.56 Å². The Kier molecular flexibility index (Phi) is 6.02. The predicted octanol–water partition coefficient (Wildman–Crippen LogP) is 7.77. The van der Waals surface area contributed by atoms with E-state index in [4.69, 9.17) is 4.74 Å². The minimum Gasteiger partial charge on any atom is -0.485 e. The Morgan fingerprint density at radius 2 is 1.34 bits per heavy atom. The first-order chi connectivity index (χ1) is 13.7. The molecule has 0 amide bonds. The standard InChI is InChI=1S/C25H25F3O/c1-16(2)24(20-8-6-5-7-9-20)29-22-14-17(3)23(18(4)15-22)19-10-12-21(13-11-19)25(26,27)28/h5-16,24H,1-4H3. The number of halogens is 3. The number of aryl methyl sites for hydroxylation is 2. The Labute approximate surface area is 170 Å². The van der Waals surface area contributed by atoms with Crippen LogP contribution < -0.4 is 4.74 Å². The number of rotatable bonds is 5. The molecular weight excluding hydrogens is 373 g/mol. The highest BCUT2D eigenvalue weighted by molar-refractivity contribution is 5.72. The lowest BCUT2D eigenvalue weighted by molar-refractivity contribution is -0.137. The molecule has 0 radical (unpaired) electrons. The van der Waals surface area contributed by atoms with Gasteiger partial charge in [0.25, 0.3) is 0 Å². The molecule has 0 aliphatic carbocycles. The van der Waals surface area contributed by atoms with Gasteiger partial charge >= 0.3 is 6.18 Å². The molecule has 152 valence electrons. The van der Waals surface area contributed by atoms with Crippen molar-refractivity contribution in [2.45, 2.75) is 40.0 Å². The first kappa shape index (κ1) is 21.0. The van der Waals surface area contributed by atoms with Gasteiger partial charge in [0.1, 0.15) is 11.9 Å². The van der Waals surface area contributed by atoms with Crippen LogP contribution in [0.1, 0.15) is 42.2 Å². The van der Waals surface area contributed by atoms with E-state index in [1.165, 1.54) is 12.1 Å². The molecule has 1 atom stereocenters. The molecule has 3 aromatic carbocycles. The van der Waals surface area contributed by atoms with Gasteiger partial charge in [-0.2, -0.15) is 13.2 Å². The van der Waals surface area contributed by atoms with Crippen molar-refractivity contribution in [3.8, 4) is 16.9 Å². The summed E-state index contributed by atoms with van der Waals surface area (Å²) in [5, 5.41) is 0. The molecule has 4 heteroatoms. The Balaban J connectivity index is 1.91. The van der Waals surface area contributed by atoms with Gasteiger partial charge in [0.2, 0.25) is 0 Å². The largest absolute Gasteiger partial charge is 0.485 e. The maximum absolute atomic E-state index is 12.8. The van der Waals surface area contributed by atoms with Gasteiger partial charge in [-0.15, -0.1) is 0 Å². The zero-order chi connectivity index (χ0) is 21.2. The van der Waals surface area contributed by atoms with Gasteiger partial charge in [0, 0.05) is 0 Å².